The summed E-state index contributed by atoms with van der Waals surface area (Å²) in [4.78, 5) is 12.4. The normalized spacial score (nSPS) is 17.6. The van der Waals surface area contributed by atoms with Crippen molar-refractivity contribution in [2.75, 3.05) is 25.5 Å². The van der Waals surface area contributed by atoms with Gasteiger partial charge in [0.05, 0.1) is 6.54 Å². The van der Waals surface area contributed by atoms with E-state index in [0.29, 0.717) is 6.04 Å². The Morgan fingerprint density at radius 3 is 3.06 bits per heavy atom. The number of rotatable bonds is 5. The molecule has 2 rings (SSSR count). The van der Waals surface area contributed by atoms with E-state index in [1.165, 1.54) is 16.8 Å². The molecular formula is C14H20N2O2. The Bertz CT molecular complexity index is 445. The predicted molar refractivity (Wildman–Crippen MR) is 72.1 cm³/mol. The van der Waals surface area contributed by atoms with Gasteiger partial charge in [0.2, 0.25) is 0 Å². The number of benzene rings is 1. The Kier molecular flexibility index (Phi) is 3.87. The quantitative estimate of drug-likeness (QED) is 0.831. The van der Waals surface area contributed by atoms with Gasteiger partial charge in [0.1, 0.15) is 0 Å². The van der Waals surface area contributed by atoms with Crippen molar-refractivity contribution < 1.29 is 9.90 Å². The Morgan fingerprint density at radius 1 is 1.56 bits per heavy atom. The molecule has 2 N–H and O–H groups in total. The van der Waals surface area contributed by atoms with Crippen molar-refractivity contribution in [1.82, 2.24) is 4.90 Å². The summed E-state index contributed by atoms with van der Waals surface area (Å²) in [6.07, 6.45) is 1.97. The molecule has 1 unspecified atom stereocenters. The summed E-state index contributed by atoms with van der Waals surface area (Å²) in [5.74, 6) is -0.774. The van der Waals surface area contributed by atoms with Crippen molar-refractivity contribution in [3.63, 3.8) is 0 Å². The summed E-state index contributed by atoms with van der Waals surface area (Å²) >= 11 is 0. The molecule has 0 spiro atoms. The topological polar surface area (TPSA) is 52.6 Å². The van der Waals surface area contributed by atoms with E-state index in [2.05, 4.69) is 30.4 Å². The second-order valence-electron chi connectivity index (χ2n) is 5.12. The van der Waals surface area contributed by atoms with Gasteiger partial charge in [-0.05, 0) is 44.0 Å². The monoisotopic (exact) mass is 248 g/mol. The van der Waals surface area contributed by atoms with Crippen LogP contribution in [-0.4, -0.2) is 42.2 Å². The lowest BCUT2D eigenvalue weighted by Crippen LogP contribution is -2.27. The maximum Gasteiger partial charge on any atom is 0.317 e. The van der Waals surface area contributed by atoms with Gasteiger partial charge in [-0.1, -0.05) is 12.1 Å². The van der Waals surface area contributed by atoms with Crippen molar-refractivity contribution in [3.05, 3.63) is 29.3 Å². The third kappa shape index (κ3) is 3.23. The lowest BCUT2D eigenvalue weighted by Gasteiger charge is -2.14. The molecule has 0 saturated heterocycles. The molecule has 0 amide bonds. The second kappa shape index (κ2) is 5.40. The molecule has 1 aromatic carbocycles. The first-order valence-corrected chi connectivity index (χ1v) is 6.33. The highest BCUT2D eigenvalue weighted by atomic mass is 16.4. The van der Waals surface area contributed by atoms with E-state index in [1.54, 1.807) is 0 Å². The minimum absolute atomic E-state index is 0.101. The highest BCUT2D eigenvalue weighted by Crippen LogP contribution is 2.26. The molecule has 0 aliphatic carbocycles. The van der Waals surface area contributed by atoms with Crippen molar-refractivity contribution in [2.45, 2.75) is 25.8 Å². The van der Waals surface area contributed by atoms with Crippen molar-refractivity contribution >= 4 is 11.7 Å². The Labute approximate surface area is 108 Å². The summed E-state index contributed by atoms with van der Waals surface area (Å²) in [6.45, 7) is 3.05. The highest BCUT2D eigenvalue weighted by molar-refractivity contribution is 5.69. The van der Waals surface area contributed by atoms with Crippen LogP contribution in [-0.2, 0) is 17.6 Å². The number of aliphatic carboxylic acids is 1. The number of carboxylic acids is 1. The fourth-order valence-electron chi connectivity index (χ4n) is 2.39. The van der Waals surface area contributed by atoms with Crippen LogP contribution in [0.2, 0.25) is 0 Å². The van der Waals surface area contributed by atoms with Crippen LogP contribution in [0.15, 0.2) is 18.2 Å². The molecule has 0 bridgehead atoms. The Balaban J connectivity index is 1.91. The Hall–Kier alpha value is -1.55. The van der Waals surface area contributed by atoms with E-state index in [0.717, 1.165) is 19.4 Å². The minimum atomic E-state index is -0.774. The summed E-state index contributed by atoms with van der Waals surface area (Å²) < 4.78 is 0. The largest absolute Gasteiger partial charge is 0.480 e. The van der Waals surface area contributed by atoms with Crippen LogP contribution in [0.3, 0.4) is 0 Å². The highest BCUT2D eigenvalue weighted by Gasteiger charge is 2.16. The summed E-state index contributed by atoms with van der Waals surface area (Å²) in [7, 11) is 1.84. The average Bonchev–Trinajstić information content (AvgIpc) is 2.64. The fourth-order valence-corrected chi connectivity index (χ4v) is 2.39. The summed E-state index contributed by atoms with van der Waals surface area (Å²) in [5.41, 5.74) is 3.90. The fraction of sp³-hybridized carbons (Fsp3) is 0.500. The first-order chi connectivity index (χ1) is 8.54. The zero-order valence-electron chi connectivity index (χ0n) is 10.9. The Morgan fingerprint density at radius 2 is 2.33 bits per heavy atom. The minimum Gasteiger partial charge on any atom is -0.480 e. The van der Waals surface area contributed by atoms with Crippen LogP contribution in [0, 0.1) is 0 Å². The number of nitrogens with zero attached hydrogens (tertiary/aromatic N) is 1. The van der Waals surface area contributed by atoms with Crippen LogP contribution >= 0.6 is 0 Å². The smallest absolute Gasteiger partial charge is 0.317 e. The number of hydrogen-bond acceptors (Lipinski definition) is 3. The molecule has 1 atom stereocenters. The van der Waals surface area contributed by atoms with E-state index in [-0.39, 0.29) is 6.54 Å². The van der Waals surface area contributed by atoms with Gasteiger partial charge in [-0.3, -0.25) is 9.69 Å². The number of carboxylic acid groups (broad SMARTS) is 1. The van der Waals surface area contributed by atoms with Crippen molar-refractivity contribution in [3.8, 4) is 0 Å². The van der Waals surface area contributed by atoms with E-state index in [9.17, 15) is 4.79 Å². The first-order valence-electron chi connectivity index (χ1n) is 6.33. The number of nitrogens with one attached hydrogen (secondary N) is 1. The zero-order chi connectivity index (χ0) is 13.1. The molecule has 4 heteroatoms. The lowest BCUT2D eigenvalue weighted by atomic mass is 10.0. The maximum absolute atomic E-state index is 10.6. The van der Waals surface area contributed by atoms with Crippen LogP contribution in [0.4, 0.5) is 5.69 Å². The maximum atomic E-state index is 10.6. The molecule has 1 aliphatic heterocycles. The average molecular weight is 248 g/mol. The zero-order valence-corrected chi connectivity index (χ0v) is 10.9. The molecule has 4 nitrogen and oxygen atoms in total. The van der Waals surface area contributed by atoms with Gasteiger partial charge in [-0.2, -0.15) is 0 Å². The predicted octanol–water partition coefficient (Wildman–Crippen LogP) is 1.60. The molecule has 1 aromatic rings. The summed E-state index contributed by atoms with van der Waals surface area (Å²) in [5, 5.41) is 12.1. The van der Waals surface area contributed by atoms with Crippen LogP contribution in [0.1, 0.15) is 18.1 Å². The van der Waals surface area contributed by atoms with E-state index >= 15 is 0 Å². The third-order valence-electron chi connectivity index (χ3n) is 3.29. The number of anilines is 1. The van der Waals surface area contributed by atoms with Crippen molar-refractivity contribution in [2.24, 2.45) is 0 Å². The SMILES string of the molecule is CC1Cc2cc(CCN(C)CC(=O)O)ccc2N1. The third-order valence-corrected chi connectivity index (χ3v) is 3.29. The van der Waals surface area contributed by atoms with Gasteiger partial charge in [0.25, 0.3) is 0 Å². The number of likely N-dealkylation sites (N-methyl/N-ethyl adjacent to an activating group) is 1. The number of carbonyl (C=O) groups is 1. The van der Waals surface area contributed by atoms with Gasteiger partial charge in [0.15, 0.2) is 0 Å². The van der Waals surface area contributed by atoms with Gasteiger partial charge >= 0.3 is 5.97 Å². The van der Waals surface area contributed by atoms with E-state index < -0.39 is 5.97 Å². The molecule has 0 fully saturated rings. The first kappa shape index (κ1) is 12.9. The summed E-state index contributed by atoms with van der Waals surface area (Å²) in [6, 6.07) is 7.01. The molecule has 18 heavy (non-hydrogen) atoms. The lowest BCUT2D eigenvalue weighted by molar-refractivity contribution is -0.137. The van der Waals surface area contributed by atoms with Crippen LogP contribution < -0.4 is 5.32 Å². The van der Waals surface area contributed by atoms with E-state index in [1.807, 2.05) is 11.9 Å². The van der Waals surface area contributed by atoms with Gasteiger partial charge in [0, 0.05) is 18.3 Å². The van der Waals surface area contributed by atoms with E-state index in [4.69, 9.17) is 5.11 Å². The van der Waals surface area contributed by atoms with Crippen molar-refractivity contribution in [1.29, 1.82) is 0 Å². The second-order valence-corrected chi connectivity index (χ2v) is 5.12. The molecule has 1 aliphatic rings. The molecule has 0 saturated carbocycles. The molecule has 1 heterocycles. The van der Waals surface area contributed by atoms with Crippen LogP contribution in [0.5, 0.6) is 0 Å². The molecule has 98 valence electrons. The number of hydrogen-bond donors (Lipinski definition) is 2. The number of fused-ring (bicyclic) bond motifs is 1. The van der Waals surface area contributed by atoms with Crippen LogP contribution in [0.25, 0.3) is 0 Å². The van der Waals surface area contributed by atoms with Gasteiger partial charge in [-0.15, -0.1) is 0 Å². The van der Waals surface area contributed by atoms with Gasteiger partial charge < -0.3 is 10.4 Å². The van der Waals surface area contributed by atoms with Gasteiger partial charge in [-0.25, -0.2) is 0 Å². The molecule has 0 radical (unpaired) electrons. The molecular weight excluding hydrogens is 228 g/mol. The standard InChI is InChI=1S/C14H20N2O2/c1-10-7-12-8-11(3-4-13(12)15-10)5-6-16(2)9-14(17)18/h3-4,8,10,15H,5-7,9H2,1-2H3,(H,17,18). The molecule has 0 aromatic heterocycles.